The quantitative estimate of drug-likeness (QED) is 0.382. The van der Waals surface area contributed by atoms with Crippen molar-refractivity contribution in [2.45, 2.75) is 6.92 Å². The van der Waals surface area contributed by atoms with E-state index in [1.54, 1.807) is 6.92 Å². The van der Waals surface area contributed by atoms with Crippen molar-refractivity contribution in [3.63, 3.8) is 0 Å². The molecule has 0 saturated carbocycles. The maximum absolute atomic E-state index is 10.9. The monoisotopic (exact) mass is 430 g/mol. The standard InChI is InChI=1S/C5H5BrI2O2/c1-2-10-5(9)3(7)4(6)8/h2H2,1H3. The summed E-state index contributed by atoms with van der Waals surface area (Å²) in [6, 6.07) is 0. The Bertz CT molecular complexity index is 163. The summed E-state index contributed by atoms with van der Waals surface area (Å²) in [5.74, 6) is -0.274. The van der Waals surface area contributed by atoms with Gasteiger partial charge in [0.1, 0.15) is 3.58 Å². The van der Waals surface area contributed by atoms with Gasteiger partial charge in [-0.3, -0.25) is 0 Å². The second-order valence-corrected chi connectivity index (χ2v) is 5.73. The Kier molecular flexibility index (Phi) is 6.42. The van der Waals surface area contributed by atoms with Crippen LogP contribution in [0.5, 0.6) is 0 Å². The predicted octanol–water partition coefficient (Wildman–Crippen LogP) is 2.98. The Morgan fingerprint density at radius 3 is 2.40 bits per heavy atom. The van der Waals surface area contributed by atoms with Crippen LogP contribution in [0, 0.1) is 0 Å². The van der Waals surface area contributed by atoms with Crippen LogP contribution in [0.1, 0.15) is 6.92 Å². The van der Waals surface area contributed by atoms with Gasteiger partial charge in [-0.2, -0.15) is 0 Å². The van der Waals surface area contributed by atoms with Gasteiger partial charge in [-0.1, -0.05) is 0 Å². The van der Waals surface area contributed by atoms with Crippen molar-refractivity contribution in [1.82, 2.24) is 0 Å². The van der Waals surface area contributed by atoms with E-state index in [1.807, 2.05) is 45.2 Å². The van der Waals surface area contributed by atoms with Crippen molar-refractivity contribution < 1.29 is 9.53 Å². The van der Waals surface area contributed by atoms with E-state index < -0.39 is 0 Å². The smallest absolute Gasteiger partial charge is 0.345 e. The fourth-order valence-corrected chi connectivity index (χ4v) is 0.809. The third-order valence-corrected chi connectivity index (χ3v) is 4.31. The van der Waals surface area contributed by atoms with Gasteiger partial charge in [0.2, 0.25) is 0 Å². The Balaban J connectivity index is 4.09. The zero-order chi connectivity index (χ0) is 8.15. The normalized spacial score (nSPS) is 12.4. The Hall–Kier alpha value is 1.15. The Morgan fingerprint density at radius 1 is 1.60 bits per heavy atom. The molecule has 0 aromatic carbocycles. The number of rotatable bonds is 2. The van der Waals surface area contributed by atoms with Gasteiger partial charge in [0.05, 0.1) is 9.10 Å². The molecule has 0 aliphatic heterocycles. The topological polar surface area (TPSA) is 26.3 Å². The molecule has 10 heavy (non-hydrogen) atoms. The molecule has 0 aromatic rings. The van der Waals surface area contributed by atoms with Crippen molar-refractivity contribution in [3.8, 4) is 0 Å². The fraction of sp³-hybridized carbons (Fsp3) is 0.400. The van der Waals surface area contributed by atoms with E-state index in [4.69, 9.17) is 4.74 Å². The van der Waals surface area contributed by atoms with E-state index in [0.29, 0.717) is 10.2 Å². The highest BCUT2D eigenvalue weighted by molar-refractivity contribution is 14.1. The van der Waals surface area contributed by atoms with Crippen LogP contribution in [-0.4, -0.2) is 12.6 Å². The summed E-state index contributed by atoms with van der Waals surface area (Å²) in [6.07, 6.45) is 0. The second kappa shape index (κ2) is 5.76. The Morgan fingerprint density at radius 2 is 2.10 bits per heavy atom. The lowest BCUT2D eigenvalue weighted by atomic mass is 10.6. The number of hydrogen-bond donors (Lipinski definition) is 0. The van der Waals surface area contributed by atoms with Gasteiger partial charge in [-0.25, -0.2) is 4.79 Å². The minimum Gasteiger partial charge on any atom is -0.462 e. The van der Waals surface area contributed by atoms with Crippen LogP contribution in [0.25, 0.3) is 0 Å². The maximum Gasteiger partial charge on any atom is 0.345 e. The van der Waals surface area contributed by atoms with Crippen molar-refractivity contribution in [2.75, 3.05) is 6.61 Å². The molecule has 5 heteroatoms. The van der Waals surface area contributed by atoms with Crippen molar-refractivity contribution >= 4 is 67.1 Å². The van der Waals surface area contributed by atoms with Crippen LogP contribution >= 0.6 is 61.1 Å². The summed E-state index contributed by atoms with van der Waals surface area (Å²) in [7, 11) is 0. The third-order valence-electron chi connectivity index (χ3n) is 0.621. The Labute approximate surface area is 95.2 Å². The predicted molar refractivity (Wildman–Crippen MR) is 60.6 cm³/mol. The van der Waals surface area contributed by atoms with Crippen LogP contribution in [0.2, 0.25) is 0 Å². The van der Waals surface area contributed by atoms with E-state index in [2.05, 4.69) is 15.9 Å². The fourth-order valence-electron chi connectivity index (χ4n) is 0.272. The van der Waals surface area contributed by atoms with Crippen molar-refractivity contribution in [3.05, 3.63) is 6.07 Å². The van der Waals surface area contributed by atoms with Gasteiger partial charge < -0.3 is 4.74 Å². The van der Waals surface area contributed by atoms with E-state index in [-0.39, 0.29) is 5.97 Å². The van der Waals surface area contributed by atoms with E-state index in [1.165, 1.54) is 0 Å². The summed E-state index contributed by atoms with van der Waals surface area (Å²) >= 11 is 7.11. The molecule has 0 radical (unpaired) electrons. The highest BCUT2D eigenvalue weighted by atomic mass is 127. The van der Waals surface area contributed by atoms with Gasteiger partial charge in [0.25, 0.3) is 0 Å². The summed E-state index contributed by atoms with van der Waals surface area (Å²) in [5, 5.41) is 0. The summed E-state index contributed by atoms with van der Waals surface area (Å²) in [6.45, 7) is 2.20. The number of carbonyl (C=O) groups is 1. The molecule has 58 valence electrons. The molecule has 0 atom stereocenters. The molecule has 0 aliphatic rings. The summed E-state index contributed by atoms with van der Waals surface area (Å²) < 4.78 is 6.09. The van der Waals surface area contributed by atoms with Gasteiger partial charge in [0, 0.05) is 0 Å². The lowest BCUT2D eigenvalue weighted by molar-refractivity contribution is -0.137. The molecule has 0 aliphatic carbocycles. The number of carbonyl (C=O) groups excluding carboxylic acids is 1. The highest BCUT2D eigenvalue weighted by Gasteiger charge is 2.08. The zero-order valence-corrected chi connectivity index (χ0v) is 11.1. The molecule has 0 N–H and O–H groups in total. The number of ether oxygens (including phenoxy) is 1. The van der Waals surface area contributed by atoms with E-state index in [9.17, 15) is 4.79 Å². The van der Waals surface area contributed by atoms with Gasteiger partial charge >= 0.3 is 5.97 Å². The average molecular weight is 431 g/mol. The summed E-state index contributed by atoms with van der Waals surface area (Å²) in [5.41, 5.74) is 0. The molecule has 0 fully saturated rings. The molecular weight excluding hydrogens is 426 g/mol. The molecule has 2 nitrogen and oxygen atoms in total. The van der Waals surface area contributed by atoms with Crippen LogP contribution in [-0.2, 0) is 9.53 Å². The lowest BCUT2D eigenvalue weighted by Gasteiger charge is -1.98. The number of esters is 1. The zero-order valence-electron chi connectivity index (χ0n) is 5.16. The van der Waals surface area contributed by atoms with Gasteiger partial charge in [0.15, 0.2) is 0 Å². The van der Waals surface area contributed by atoms with Crippen LogP contribution in [0.4, 0.5) is 0 Å². The van der Waals surface area contributed by atoms with Crippen LogP contribution in [0.15, 0.2) is 6.07 Å². The minimum atomic E-state index is -0.274. The SMILES string of the molecule is CCOC(=O)C(I)=C(Br)I. The van der Waals surface area contributed by atoms with Crippen molar-refractivity contribution in [2.24, 2.45) is 0 Å². The maximum atomic E-state index is 10.9. The molecule has 0 bridgehead atoms. The van der Waals surface area contributed by atoms with Crippen LogP contribution in [0.3, 0.4) is 0 Å². The molecule has 0 aromatic heterocycles. The number of halogens is 3. The van der Waals surface area contributed by atoms with Gasteiger partial charge in [-0.15, -0.1) is 0 Å². The first kappa shape index (κ1) is 11.2. The van der Waals surface area contributed by atoms with E-state index in [0.717, 1.165) is 2.49 Å². The first-order chi connectivity index (χ1) is 4.59. The lowest BCUT2D eigenvalue weighted by Crippen LogP contribution is -2.03. The second-order valence-electron chi connectivity index (χ2n) is 1.29. The van der Waals surface area contributed by atoms with Gasteiger partial charge in [-0.05, 0) is 68.0 Å². The van der Waals surface area contributed by atoms with Crippen molar-refractivity contribution in [1.29, 1.82) is 0 Å². The number of hydrogen-bond acceptors (Lipinski definition) is 2. The molecule has 0 saturated heterocycles. The molecule has 0 rings (SSSR count). The first-order valence-electron chi connectivity index (χ1n) is 2.47. The minimum absolute atomic E-state index is 0.274. The molecular formula is C5H5BrI2O2. The molecule has 0 heterocycles. The molecule has 0 amide bonds. The van der Waals surface area contributed by atoms with E-state index >= 15 is 0 Å². The average Bonchev–Trinajstić information content (AvgIpc) is 1.87. The molecule has 0 unspecified atom stereocenters. The third kappa shape index (κ3) is 4.12. The highest BCUT2D eigenvalue weighted by Crippen LogP contribution is 2.25. The van der Waals surface area contributed by atoms with Crippen LogP contribution < -0.4 is 0 Å². The first-order valence-corrected chi connectivity index (χ1v) is 5.42. The summed E-state index contributed by atoms with van der Waals surface area (Å²) in [4.78, 5) is 10.9. The molecule has 0 spiro atoms. The largest absolute Gasteiger partial charge is 0.462 e.